The van der Waals surface area contributed by atoms with Crippen molar-refractivity contribution < 1.29 is 14.7 Å². The molecule has 0 spiro atoms. The Morgan fingerprint density at radius 2 is 1.80 bits per heavy atom. The van der Waals surface area contributed by atoms with Crippen molar-refractivity contribution in [1.82, 2.24) is 5.32 Å². The molecule has 2 rings (SSSR count). The molecule has 4 atom stereocenters. The van der Waals surface area contributed by atoms with Crippen molar-refractivity contribution in [3.63, 3.8) is 0 Å². The minimum atomic E-state index is -0.809. The van der Waals surface area contributed by atoms with Crippen LogP contribution in [0.2, 0.25) is 0 Å². The molecule has 20 heavy (non-hydrogen) atoms. The number of carboxylic acids is 1. The molecule has 1 amide bonds. The van der Waals surface area contributed by atoms with Gasteiger partial charge in [-0.25, -0.2) is 0 Å². The van der Waals surface area contributed by atoms with E-state index in [0.29, 0.717) is 12.3 Å². The van der Waals surface area contributed by atoms with Crippen LogP contribution in [-0.2, 0) is 9.59 Å². The third kappa shape index (κ3) is 3.74. The van der Waals surface area contributed by atoms with Crippen LogP contribution in [0.5, 0.6) is 0 Å². The zero-order chi connectivity index (χ0) is 14.7. The fourth-order valence-corrected chi connectivity index (χ4v) is 3.43. The molecule has 2 unspecified atom stereocenters. The molecule has 2 N–H and O–H groups in total. The van der Waals surface area contributed by atoms with Gasteiger partial charge in [0.2, 0.25) is 5.91 Å². The lowest BCUT2D eigenvalue weighted by Crippen LogP contribution is -2.41. The molecular formula is C16H27NO3. The lowest BCUT2D eigenvalue weighted by molar-refractivity contribution is -0.146. The quantitative estimate of drug-likeness (QED) is 0.754. The number of hydrogen-bond acceptors (Lipinski definition) is 2. The van der Waals surface area contributed by atoms with Gasteiger partial charge in [0.25, 0.3) is 0 Å². The average molecular weight is 281 g/mol. The summed E-state index contributed by atoms with van der Waals surface area (Å²) in [6.45, 7) is 4.16. The number of aliphatic carboxylic acids is 1. The van der Waals surface area contributed by atoms with E-state index in [1.807, 2.05) is 0 Å². The first-order chi connectivity index (χ1) is 9.55. The van der Waals surface area contributed by atoms with Crippen LogP contribution in [0.4, 0.5) is 0 Å². The Labute approximate surface area is 121 Å². The van der Waals surface area contributed by atoms with Crippen LogP contribution in [0.25, 0.3) is 0 Å². The molecule has 2 fully saturated rings. The Bertz CT molecular complexity index is 365. The predicted octanol–water partition coefficient (Wildman–Crippen LogP) is 2.82. The van der Waals surface area contributed by atoms with Gasteiger partial charge in [-0.05, 0) is 37.5 Å². The largest absolute Gasteiger partial charge is 0.481 e. The summed E-state index contributed by atoms with van der Waals surface area (Å²) < 4.78 is 0. The molecule has 2 aliphatic rings. The summed E-state index contributed by atoms with van der Waals surface area (Å²) in [6.07, 6.45) is 6.92. The van der Waals surface area contributed by atoms with Crippen LogP contribution in [0.15, 0.2) is 0 Å². The Hall–Kier alpha value is -1.06. The van der Waals surface area contributed by atoms with Crippen LogP contribution < -0.4 is 5.32 Å². The molecule has 0 saturated heterocycles. The highest BCUT2D eigenvalue weighted by molar-refractivity contribution is 5.85. The Morgan fingerprint density at radius 3 is 2.30 bits per heavy atom. The van der Waals surface area contributed by atoms with Crippen LogP contribution in [0.1, 0.15) is 58.8 Å². The highest BCUT2D eigenvalue weighted by Crippen LogP contribution is 2.39. The zero-order valence-electron chi connectivity index (χ0n) is 12.6. The molecule has 2 aliphatic carbocycles. The number of rotatable bonds is 7. The normalized spacial score (nSPS) is 31.0. The highest BCUT2D eigenvalue weighted by atomic mass is 16.4. The van der Waals surface area contributed by atoms with Gasteiger partial charge in [0.05, 0.1) is 11.8 Å². The lowest BCUT2D eigenvalue weighted by Gasteiger charge is -2.21. The zero-order valence-corrected chi connectivity index (χ0v) is 12.6. The summed E-state index contributed by atoms with van der Waals surface area (Å²) in [7, 11) is 0. The summed E-state index contributed by atoms with van der Waals surface area (Å²) in [6, 6.07) is 0.227. The van der Waals surface area contributed by atoms with Crippen molar-refractivity contribution in [3.8, 4) is 0 Å². The second-order valence-corrected chi connectivity index (χ2v) is 6.59. The number of nitrogens with one attached hydrogen (secondary N) is 1. The minimum Gasteiger partial charge on any atom is -0.481 e. The van der Waals surface area contributed by atoms with E-state index in [0.717, 1.165) is 31.6 Å². The molecule has 2 saturated carbocycles. The first-order valence-corrected chi connectivity index (χ1v) is 8.08. The maximum Gasteiger partial charge on any atom is 0.307 e. The van der Waals surface area contributed by atoms with E-state index in [1.54, 1.807) is 0 Å². The van der Waals surface area contributed by atoms with E-state index in [-0.39, 0.29) is 17.9 Å². The Balaban J connectivity index is 1.93. The van der Waals surface area contributed by atoms with E-state index in [1.165, 1.54) is 12.8 Å². The second kappa shape index (κ2) is 6.59. The number of carbonyl (C=O) groups is 2. The van der Waals surface area contributed by atoms with Gasteiger partial charge in [-0.3, -0.25) is 9.59 Å². The first-order valence-electron chi connectivity index (χ1n) is 8.08. The molecule has 4 nitrogen and oxygen atoms in total. The molecule has 4 heteroatoms. The van der Waals surface area contributed by atoms with Crippen LogP contribution in [0.3, 0.4) is 0 Å². The smallest absolute Gasteiger partial charge is 0.307 e. The second-order valence-electron chi connectivity index (χ2n) is 6.59. The maximum atomic E-state index is 12.4. The van der Waals surface area contributed by atoms with Gasteiger partial charge in [0.15, 0.2) is 0 Å². The summed E-state index contributed by atoms with van der Waals surface area (Å²) in [4.78, 5) is 23.8. The van der Waals surface area contributed by atoms with Gasteiger partial charge < -0.3 is 10.4 Å². The van der Waals surface area contributed by atoms with Gasteiger partial charge in [0, 0.05) is 6.04 Å². The van der Waals surface area contributed by atoms with Crippen molar-refractivity contribution in [2.75, 3.05) is 0 Å². The van der Waals surface area contributed by atoms with E-state index < -0.39 is 11.9 Å². The van der Waals surface area contributed by atoms with Crippen LogP contribution >= 0.6 is 0 Å². The topological polar surface area (TPSA) is 66.4 Å². The van der Waals surface area contributed by atoms with Crippen molar-refractivity contribution in [1.29, 1.82) is 0 Å². The SMILES string of the molecule is CCC1C[C@H](C(=O)NC(CC)CC2CC2)[C@H](C(=O)O)C1. The van der Waals surface area contributed by atoms with Crippen LogP contribution in [-0.4, -0.2) is 23.0 Å². The summed E-state index contributed by atoms with van der Waals surface area (Å²) in [5, 5.41) is 12.4. The fraction of sp³-hybridized carbons (Fsp3) is 0.875. The highest BCUT2D eigenvalue weighted by Gasteiger charge is 2.42. The van der Waals surface area contributed by atoms with E-state index in [9.17, 15) is 14.7 Å². The molecule has 0 aromatic heterocycles. The third-order valence-electron chi connectivity index (χ3n) is 5.05. The van der Waals surface area contributed by atoms with Gasteiger partial charge in [-0.15, -0.1) is 0 Å². The summed E-state index contributed by atoms with van der Waals surface area (Å²) >= 11 is 0. The van der Waals surface area contributed by atoms with Gasteiger partial charge in [-0.1, -0.05) is 33.1 Å². The molecule has 114 valence electrons. The minimum absolute atomic E-state index is 0.0270. The Kier molecular flexibility index (Phi) is 5.06. The van der Waals surface area contributed by atoms with E-state index >= 15 is 0 Å². The molecule has 0 aromatic carbocycles. The van der Waals surface area contributed by atoms with Crippen molar-refractivity contribution in [2.24, 2.45) is 23.7 Å². The molecule has 0 heterocycles. The molecule has 0 aliphatic heterocycles. The van der Waals surface area contributed by atoms with E-state index in [2.05, 4.69) is 19.2 Å². The van der Waals surface area contributed by atoms with Crippen molar-refractivity contribution in [2.45, 2.75) is 64.8 Å². The van der Waals surface area contributed by atoms with Crippen molar-refractivity contribution >= 4 is 11.9 Å². The Morgan fingerprint density at radius 1 is 1.15 bits per heavy atom. The standard InChI is InChI=1S/C16H27NO3/c1-3-10-8-13(14(9-10)16(19)20)15(18)17-12(4-2)7-11-5-6-11/h10-14H,3-9H2,1-2H3,(H,17,18)(H,19,20)/t10?,12?,13-,14+/m0/s1. The van der Waals surface area contributed by atoms with Crippen molar-refractivity contribution in [3.05, 3.63) is 0 Å². The monoisotopic (exact) mass is 281 g/mol. The molecule has 0 aromatic rings. The summed E-state index contributed by atoms with van der Waals surface area (Å²) in [5.41, 5.74) is 0. The van der Waals surface area contributed by atoms with Gasteiger partial charge in [0.1, 0.15) is 0 Å². The lowest BCUT2D eigenvalue weighted by atomic mass is 9.94. The number of amides is 1. The van der Waals surface area contributed by atoms with E-state index in [4.69, 9.17) is 0 Å². The fourth-order valence-electron chi connectivity index (χ4n) is 3.43. The maximum absolute atomic E-state index is 12.4. The van der Waals surface area contributed by atoms with Gasteiger partial charge in [-0.2, -0.15) is 0 Å². The first kappa shape index (κ1) is 15.3. The predicted molar refractivity (Wildman–Crippen MR) is 77.2 cm³/mol. The third-order valence-corrected chi connectivity index (χ3v) is 5.05. The average Bonchev–Trinajstić information content (AvgIpc) is 3.12. The number of hydrogen-bond donors (Lipinski definition) is 2. The van der Waals surface area contributed by atoms with Gasteiger partial charge >= 0.3 is 5.97 Å². The number of carboxylic acid groups (broad SMARTS) is 1. The van der Waals surface area contributed by atoms with Crippen LogP contribution in [0, 0.1) is 23.7 Å². The molecule has 0 bridgehead atoms. The summed E-state index contributed by atoms with van der Waals surface area (Å²) in [5.74, 6) is -0.487. The number of carbonyl (C=O) groups excluding carboxylic acids is 1. The molecule has 0 radical (unpaired) electrons. The molecular weight excluding hydrogens is 254 g/mol.